The van der Waals surface area contributed by atoms with E-state index in [1.165, 1.54) is 10.8 Å². The van der Waals surface area contributed by atoms with Crippen molar-refractivity contribution in [3.05, 3.63) is 75.7 Å². The highest BCUT2D eigenvalue weighted by molar-refractivity contribution is 6.30. The number of nitrogens with one attached hydrogen (secondary N) is 1. The van der Waals surface area contributed by atoms with Crippen LogP contribution >= 0.6 is 11.6 Å². The molecule has 6 nitrogen and oxygen atoms in total. The van der Waals surface area contributed by atoms with Gasteiger partial charge in [-0.05, 0) is 48.7 Å². The topological polar surface area (TPSA) is 88.4 Å². The van der Waals surface area contributed by atoms with E-state index in [0.29, 0.717) is 21.5 Å². The minimum atomic E-state index is -1.06. The Balaban J connectivity index is 1.97. The normalized spacial score (nSPS) is 13.2. The Morgan fingerprint density at radius 3 is 2.27 bits per heavy atom. The lowest BCUT2D eigenvalue weighted by Crippen LogP contribution is -2.32. The van der Waals surface area contributed by atoms with Crippen LogP contribution in [-0.2, 0) is 9.59 Å². The molecule has 1 amide bonds. The molecule has 0 saturated carbocycles. The van der Waals surface area contributed by atoms with Gasteiger partial charge in [-0.25, -0.2) is 4.79 Å². The molecule has 1 aromatic heterocycles. The van der Waals surface area contributed by atoms with E-state index in [9.17, 15) is 19.5 Å². The monoisotopic (exact) mass is 426 g/mol. The maximum atomic E-state index is 13.0. The molecule has 3 aromatic rings. The minimum absolute atomic E-state index is 0.223. The number of nitrogens with zero attached hydrogens (tertiary/aromatic N) is 1. The number of aromatic nitrogens is 1. The minimum Gasteiger partial charge on any atom is -0.480 e. The lowest BCUT2D eigenvalue weighted by molar-refractivity contribution is -0.142. The summed E-state index contributed by atoms with van der Waals surface area (Å²) in [5.41, 5.74) is 0.912. The van der Waals surface area contributed by atoms with E-state index >= 15 is 0 Å². The van der Waals surface area contributed by atoms with Crippen molar-refractivity contribution in [2.24, 2.45) is 5.92 Å². The number of carboxylic acid groups (broad SMARTS) is 1. The number of aliphatic carboxylic acids is 1. The Morgan fingerprint density at radius 1 is 1.00 bits per heavy atom. The van der Waals surface area contributed by atoms with Crippen molar-refractivity contribution in [2.75, 3.05) is 5.32 Å². The smallest absolute Gasteiger partial charge is 0.327 e. The maximum Gasteiger partial charge on any atom is 0.327 e. The van der Waals surface area contributed by atoms with E-state index in [2.05, 4.69) is 5.32 Å². The first-order valence-electron chi connectivity index (χ1n) is 9.63. The molecule has 2 atom stereocenters. The fourth-order valence-electron chi connectivity index (χ4n) is 3.49. The summed E-state index contributed by atoms with van der Waals surface area (Å²) in [7, 11) is 0. The Labute approximate surface area is 179 Å². The second-order valence-corrected chi connectivity index (χ2v) is 8.02. The molecule has 0 aliphatic carbocycles. The van der Waals surface area contributed by atoms with Crippen LogP contribution in [0.15, 0.2) is 59.5 Å². The maximum absolute atomic E-state index is 13.0. The van der Waals surface area contributed by atoms with Crippen LogP contribution in [-0.4, -0.2) is 21.6 Å². The summed E-state index contributed by atoms with van der Waals surface area (Å²) in [6.07, 6.45) is 1.47. The first-order valence-corrected chi connectivity index (χ1v) is 10.0. The molecule has 0 aliphatic rings. The zero-order valence-corrected chi connectivity index (χ0v) is 17.7. The van der Waals surface area contributed by atoms with Crippen LogP contribution in [0.4, 0.5) is 5.69 Å². The van der Waals surface area contributed by atoms with Crippen LogP contribution < -0.4 is 10.9 Å². The van der Waals surface area contributed by atoms with Crippen molar-refractivity contribution in [1.82, 2.24) is 4.57 Å². The summed E-state index contributed by atoms with van der Waals surface area (Å²) < 4.78 is 1.23. The third-order valence-electron chi connectivity index (χ3n) is 5.18. The van der Waals surface area contributed by atoms with Gasteiger partial charge in [0, 0.05) is 27.7 Å². The molecule has 0 aliphatic heterocycles. The number of hydrogen-bond acceptors (Lipinski definition) is 3. The molecule has 0 bridgehead atoms. The summed E-state index contributed by atoms with van der Waals surface area (Å²) in [5, 5.41) is 13.9. The van der Waals surface area contributed by atoms with E-state index in [4.69, 9.17) is 11.6 Å². The number of pyridine rings is 1. The first-order chi connectivity index (χ1) is 14.2. The number of benzene rings is 2. The third-order valence-corrected chi connectivity index (χ3v) is 5.43. The number of amides is 1. The zero-order chi connectivity index (χ0) is 22.0. The standard InChI is InChI=1S/C23H23ClN2O4/c1-13(2)20(23(29)30)26-12-11-17-18(22(26)28)5-4-6-19(17)25-21(27)14(3)15-7-9-16(24)10-8-15/h4-14,20H,1-3H3,(H,25,27)(H,29,30)/t14-,20+/m0/s1. The molecule has 1 heterocycles. The Morgan fingerprint density at radius 2 is 1.67 bits per heavy atom. The van der Waals surface area contributed by atoms with Gasteiger partial charge in [-0.2, -0.15) is 0 Å². The quantitative estimate of drug-likeness (QED) is 0.599. The second kappa shape index (κ2) is 8.71. The van der Waals surface area contributed by atoms with E-state index in [1.54, 1.807) is 69.3 Å². The van der Waals surface area contributed by atoms with E-state index in [0.717, 1.165) is 5.56 Å². The van der Waals surface area contributed by atoms with Gasteiger partial charge in [-0.15, -0.1) is 0 Å². The molecule has 7 heteroatoms. The number of rotatable bonds is 6. The van der Waals surface area contributed by atoms with Crippen molar-refractivity contribution in [1.29, 1.82) is 0 Å². The number of halogens is 1. The summed E-state index contributed by atoms with van der Waals surface area (Å²) >= 11 is 5.91. The van der Waals surface area contributed by atoms with Crippen LogP contribution in [0.25, 0.3) is 10.8 Å². The van der Waals surface area contributed by atoms with Gasteiger partial charge in [0.25, 0.3) is 5.56 Å². The van der Waals surface area contributed by atoms with Gasteiger partial charge in [0.05, 0.1) is 5.92 Å². The Hall–Kier alpha value is -3.12. The van der Waals surface area contributed by atoms with Gasteiger partial charge in [0.1, 0.15) is 6.04 Å². The van der Waals surface area contributed by atoms with E-state index in [1.807, 2.05) is 0 Å². The predicted octanol–water partition coefficient (Wildman–Crippen LogP) is 4.68. The van der Waals surface area contributed by atoms with Crippen molar-refractivity contribution in [3.8, 4) is 0 Å². The van der Waals surface area contributed by atoms with Gasteiger partial charge in [0.2, 0.25) is 5.91 Å². The summed E-state index contributed by atoms with van der Waals surface area (Å²) in [5.74, 6) is -1.97. The largest absolute Gasteiger partial charge is 0.480 e. The molecule has 156 valence electrons. The average molecular weight is 427 g/mol. The molecular weight excluding hydrogens is 404 g/mol. The molecule has 0 fully saturated rings. The Bertz CT molecular complexity index is 1150. The highest BCUT2D eigenvalue weighted by Gasteiger charge is 2.25. The van der Waals surface area contributed by atoms with Crippen LogP contribution in [0.3, 0.4) is 0 Å². The van der Waals surface area contributed by atoms with Crippen molar-refractivity contribution in [3.63, 3.8) is 0 Å². The van der Waals surface area contributed by atoms with Crippen LogP contribution in [0.1, 0.15) is 38.3 Å². The van der Waals surface area contributed by atoms with Gasteiger partial charge < -0.3 is 15.0 Å². The fraction of sp³-hybridized carbons (Fsp3) is 0.261. The number of carbonyl (C=O) groups is 2. The summed E-state index contributed by atoms with van der Waals surface area (Å²) in [4.78, 5) is 37.4. The first kappa shape index (κ1) is 21.6. The number of anilines is 1. The van der Waals surface area contributed by atoms with Gasteiger partial charge in [-0.3, -0.25) is 9.59 Å². The molecule has 0 saturated heterocycles. The molecule has 3 rings (SSSR count). The highest BCUT2D eigenvalue weighted by Crippen LogP contribution is 2.25. The van der Waals surface area contributed by atoms with Crippen LogP contribution in [0.2, 0.25) is 5.02 Å². The zero-order valence-electron chi connectivity index (χ0n) is 16.9. The van der Waals surface area contributed by atoms with Crippen LogP contribution in [0, 0.1) is 5.92 Å². The second-order valence-electron chi connectivity index (χ2n) is 7.58. The average Bonchev–Trinajstić information content (AvgIpc) is 2.70. The molecule has 0 radical (unpaired) electrons. The van der Waals surface area contributed by atoms with Crippen LogP contribution in [0.5, 0.6) is 0 Å². The van der Waals surface area contributed by atoms with Gasteiger partial charge >= 0.3 is 5.97 Å². The van der Waals surface area contributed by atoms with Crippen molar-refractivity contribution in [2.45, 2.75) is 32.7 Å². The van der Waals surface area contributed by atoms with E-state index in [-0.39, 0.29) is 11.8 Å². The van der Waals surface area contributed by atoms with Gasteiger partial charge in [-0.1, -0.05) is 43.6 Å². The highest BCUT2D eigenvalue weighted by atomic mass is 35.5. The number of carbonyl (C=O) groups excluding carboxylic acids is 1. The summed E-state index contributed by atoms with van der Waals surface area (Å²) in [6.45, 7) is 5.30. The predicted molar refractivity (Wildman–Crippen MR) is 118 cm³/mol. The fourth-order valence-corrected chi connectivity index (χ4v) is 3.62. The Kier molecular flexibility index (Phi) is 6.27. The number of hydrogen-bond donors (Lipinski definition) is 2. The van der Waals surface area contributed by atoms with Gasteiger partial charge in [0.15, 0.2) is 0 Å². The molecule has 2 aromatic carbocycles. The molecule has 2 N–H and O–H groups in total. The molecule has 0 unspecified atom stereocenters. The van der Waals surface area contributed by atoms with Crippen molar-refractivity contribution >= 4 is 39.9 Å². The van der Waals surface area contributed by atoms with E-state index < -0.39 is 23.5 Å². The molecule has 0 spiro atoms. The number of carboxylic acids is 1. The molecular formula is C23H23ClN2O4. The lowest BCUT2D eigenvalue weighted by Gasteiger charge is -2.20. The SMILES string of the molecule is CC(C)[C@H](C(=O)O)n1ccc2c(NC(=O)[C@@H](C)c3ccc(Cl)cc3)cccc2c1=O. The molecule has 30 heavy (non-hydrogen) atoms. The number of fused-ring (bicyclic) bond motifs is 1. The third kappa shape index (κ3) is 4.24. The lowest BCUT2D eigenvalue weighted by atomic mass is 10.00. The summed E-state index contributed by atoms with van der Waals surface area (Å²) in [6, 6.07) is 12.8. The van der Waals surface area contributed by atoms with Crippen molar-refractivity contribution < 1.29 is 14.7 Å².